The van der Waals surface area contributed by atoms with Gasteiger partial charge in [-0.05, 0) is 46.3 Å². The molecule has 1 aromatic carbocycles. The van der Waals surface area contributed by atoms with Crippen LogP contribution >= 0.6 is 15.9 Å². The standard InChI is InChI=1S/C16H12BrNO5/c1-20-10-4-3-9(13(8-10)21-2)7-11-16(19)23-15(18-11)12-5-6-14(17)22-12/h3-8H,1-2H3/b11-7+. The van der Waals surface area contributed by atoms with Gasteiger partial charge in [0.2, 0.25) is 0 Å². The lowest BCUT2D eigenvalue weighted by molar-refractivity contribution is -0.130. The van der Waals surface area contributed by atoms with E-state index in [4.69, 9.17) is 18.6 Å². The first-order valence-electron chi connectivity index (χ1n) is 6.61. The fourth-order valence-electron chi connectivity index (χ4n) is 2.03. The number of nitrogens with zero attached hydrogens (tertiary/aromatic N) is 1. The number of hydrogen-bond donors (Lipinski definition) is 0. The van der Waals surface area contributed by atoms with Gasteiger partial charge in [-0.15, -0.1) is 0 Å². The molecule has 0 spiro atoms. The second-order valence-electron chi connectivity index (χ2n) is 4.55. The van der Waals surface area contributed by atoms with Crippen LogP contribution in [0.4, 0.5) is 0 Å². The Bertz CT molecular complexity index is 822. The second kappa shape index (κ2) is 6.29. The maximum atomic E-state index is 12.0. The molecule has 118 valence electrons. The fraction of sp³-hybridized carbons (Fsp3) is 0.125. The third-order valence-electron chi connectivity index (χ3n) is 3.14. The van der Waals surface area contributed by atoms with Crippen LogP contribution in [0.25, 0.3) is 6.08 Å². The summed E-state index contributed by atoms with van der Waals surface area (Å²) in [6.07, 6.45) is 1.59. The Morgan fingerprint density at radius 2 is 2.00 bits per heavy atom. The first kappa shape index (κ1) is 15.4. The number of carbonyl (C=O) groups excluding carboxylic acids is 1. The minimum atomic E-state index is -0.551. The molecule has 1 aliphatic rings. The highest BCUT2D eigenvalue weighted by atomic mass is 79.9. The quantitative estimate of drug-likeness (QED) is 0.603. The summed E-state index contributed by atoms with van der Waals surface area (Å²) in [4.78, 5) is 16.1. The zero-order chi connectivity index (χ0) is 16.4. The maximum Gasteiger partial charge on any atom is 0.363 e. The molecule has 0 amide bonds. The third-order valence-corrected chi connectivity index (χ3v) is 3.56. The molecule has 0 atom stereocenters. The summed E-state index contributed by atoms with van der Waals surface area (Å²) in [5.74, 6) is 1.16. The lowest BCUT2D eigenvalue weighted by Crippen LogP contribution is -2.04. The Labute approximate surface area is 140 Å². The number of methoxy groups -OCH3 is 2. The van der Waals surface area contributed by atoms with Crippen LogP contribution in [-0.4, -0.2) is 26.1 Å². The molecule has 3 rings (SSSR count). The van der Waals surface area contributed by atoms with Gasteiger partial charge in [0.15, 0.2) is 16.1 Å². The highest BCUT2D eigenvalue weighted by Crippen LogP contribution is 2.28. The first-order valence-corrected chi connectivity index (χ1v) is 7.40. The first-order chi connectivity index (χ1) is 11.1. The maximum absolute atomic E-state index is 12.0. The van der Waals surface area contributed by atoms with Crippen LogP contribution in [0.15, 0.2) is 50.1 Å². The van der Waals surface area contributed by atoms with Crippen molar-refractivity contribution >= 4 is 33.9 Å². The van der Waals surface area contributed by atoms with E-state index in [2.05, 4.69) is 20.9 Å². The molecule has 1 aliphatic heterocycles. The van der Waals surface area contributed by atoms with Crippen molar-refractivity contribution < 1.29 is 23.4 Å². The monoisotopic (exact) mass is 377 g/mol. The number of ether oxygens (including phenoxy) is 3. The zero-order valence-electron chi connectivity index (χ0n) is 12.3. The molecule has 1 aromatic heterocycles. The molecule has 0 saturated heterocycles. The van der Waals surface area contributed by atoms with E-state index in [1.165, 1.54) is 0 Å². The minimum absolute atomic E-state index is 0.124. The summed E-state index contributed by atoms with van der Waals surface area (Å²) >= 11 is 3.19. The molecule has 0 fully saturated rings. The average molecular weight is 378 g/mol. The van der Waals surface area contributed by atoms with Crippen molar-refractivity contribution in [2.24, 2.45) is 4.99 Å². The number of halogens is 1. The number of esters is 1. The fourth-order valence-corrected chi connectivity index (χ4v) is 2.34. The van der Waals surface area contributed by atoms with Crippen LogP contribution in [0.1, 0.15) is 11.3 Å². The number of aliphatic imine (C=N–C) groups is 1. The van der Waals surface area contributed by atoms with E-state index < -0.39 is 5.97 Å². The highest BCUT2D eigenvalue weighted by Gasteiger charge is 2.26. The van der Waals surface area contributed by atoms with Gasteiger partial charge in [-0.2, -0.15) is 0 Å². The van der Waals surface area contributed by atoms with Gasteiger partial charge >= 0.3 is 5.97 Å². The molecule has 0 N–H and O–H groups in total. The van der Waals surface area contributed by atoms with Crippen molar-refractivity contribution in [2.75, 3.05) is 14.2 Å². The van der Waals surface area contributed by atoms with E-state index in [1.54, 1.807) is 50.6 Å². The predicted molar refractivity (Wildman–Crippen MR) is 86.6 cm³/mol. The molecular weight excluding hydrogens is 366 g/mol. The Hall–Kier alpha value is -2.54. The number of furan rings is 1. The van der Waals surface area contributed by atoms with Gasteiger partial charge in [0.1, 0.15) is 11.5 Å². The van der Waals surface area contributed by atoms with Crippen molar-refractivity contribution in [3.63, 3.8) is 0 Å². The largest absolute Gasteiger partial charge is 0.497 e. The number of hydrogen-bond acceptors (Lipinski definition) is 6. The van der Waals surface area contributed by atoms with Crippen molar-refractivity contribution in [3.8, 4) is 11.5 Å². The topological polar surface area (TPSA) is 70.3 Å². The summed E-state index contributed by atoms with van der Waals surface area (Å²) in [5.41, 5.74) is 0.849. The summed E-state index contributed by atoms with van der Waals surface area (Å²) < 4.78 is 21.4. The van der Waals surface area contributed by atoms with Gasteiger partial charge in [0.05, 0.1) is 14.2 Å². The normalized spacial score (nSPS) is 15.5. The molecule has 6 nitrogen and oxygen atoms in total. The van der Waals surface area contributed by atoms with Crippen molar-refractivity contribution in [1.82, 2.24) is 0 Å². The van der Waals surface area contributed by atoms with Crippen LogP contribution in [0.3, 0.4) is 0 Å². The highest BCUT2D eigenvalue weighted by molar-refractivity contribution is 9.10. The van der Waals surface area contributed by atoms with Crippen molar-refractivity contribution in [3.05, 3.63) is 52.0 Å². The Morgan fingerprint density at radius 3 is 2.65 bits per heavy atom. The summed E-state index contributed by atoms with van der Waals surface area (Å²) in [7, 11) is 3.11. The Kier molecular flexibility index (Phi) is 4.20. The molecule has 23 heavy (non-hydrogen) atoms. The Balaban J connectivity index is 1.96. The predicted octanol–water partition coefficient (Wildman–Crippen LogP) is 3.40. The number of benzene rings is 1. The van der Waals surface area contributed by atoms with E-state index in [9.17, 15) is 4.79 Å². The molecule has 2 heterocycles. The second-order valence-corrected chi connectivity index (χ2v) is 5.33. The van der Waals surface area contributed by atoms with Gasteiger partial charge < -0.3 is 18.6 Å². The molecular formula is C16H12BrNO5. The molecule has 0 aliphatic carbocycles. The average Bonchev–Trinajstić information content (AvgIpc) is 3.14. The molecule has 2 aromatic rings. The molecule has 0 unspecified atom stereocenters. The molecule has 7 heteroatoms. The SMILES string of the molecule is COc1ccc(/C=C2/N=C(c3ccc(Br)o3)OC2=O)c(OC)c1. The van der Waals surface area contributed by atoms with E-state index in [1.807, 2.05) is 0 Å². The Morgan fingerprint density at radius 1 is 1.17 bits per heavy atom. The van der Waals surface area contributed by atoms with Crippen molar-refractivity contribution in [2.45, 2.75) is 0 Å². The van der Waals surface area contributed by atoms with Crippen LogP contribution in [0.2, 0.25) is 0 Å². The number of carbonyl (C=O) groups is 1. The van der Waals surface area contributed by atoms with E-state index in [0.29, 0.717) is 27.5 Å². The third kappa shape index (κ3) is 3.14. The number of rotatable bonds is 4. The lowest BCUT2D eigenvalue weighted by Gasteiger charge is -2.07. The van der Waals surface area contributed by atoms with Crippen LogP contribution in [0.5, 0.6) is 11.5 Å². The summed E-state index contributed by atoms with van der Waals surface area (Å²) in [6, 6.07) is 8.62. The van der Waals surface area contributed by atoms with Crippen LogP contribution in [0, 0.1) is 0 Å². The molecule has 0 radical (unpaired) electrons. The summed E-state index contributed by atoms with van der Waals surface area (Å²) in [5, 5.41) is 0. The minimum Gasteiger partial charge on any atom is -0.497 e. The van der Waals surface area contributed by atoms with Crippen molar-refractivity contribution in [1.29, 1.82) is 0 Å². The van der Waals surface area contributed by atoms with Gasteiger partial charge in [0, 0.05) is 11.6 Å². The van der Waals surface area contributed by atoms with Gasteiger partial charge in [-0.3, -0.25) is 0 Å². The molecule has 0 bridgehead atoms. The lowest BCUT2D eigenvalue weighted by atomic mass is 10.1. The van der Waals surface area contributed by atoms with E-state index in [-0.39, 0.29) is 11.6 Å². The van der Waals surface area contributed by atoms with Gasteiger partial charge in [-0.25, -0.2) is 9.79 Å². The number of cyclic esters (lactones) is 1. The van der Waals surface area contributed by atoms with E-state index in [0.717, 1.165) is 0 Å². The summed E-state index contributed by atoms with van der Waals surface area (Å²) in [6.45, 7) is 0. The van der Waals surface area contributed by atoms with Gasteiger partial charge in [-0.1, -0.05) is 0 Å². The van der Waals surface area contributed by atoms with Crippen LogP contribution < -0.4 is 9.47 Å². The zero-order valence-corrected chi connectivity index (χ0v) is 13.9. The molecule has 0 saturated carbocycles. The van der Waals surface area contributed by atoms with E-state index >= 15 is 0 Å². The smallest absolute Gasteiger partial charge is 0.363 e. The van der Waals surface area contributed by atoms with Crippen LogP contribution in [-0.2, 0) is 9.53 Å². The van der Waals surface area contributed by atoms with Gasteiger partial charge in [0.25, 0.3) is 5.90 Å².